The quantitative estimate of drug-likeness (QED) is 0.465. The van der Waals surface area contributed by atoms with Crippen molar-refractivity contribution in [3.05, 3.63) is 40.8 Å². The standard InChI is InChI=1S/C26H33N3O2Si/c1-26(2,3)31-25(30)29-21-14-18(21)15-22(29)24-27-20-10-8-17-13-16(11-12-32(4,5)6)7-9-19(17)23(20)28-24/h7,9,13,18,21-22H,8,10,14-15H2,1-6H3,(H,27,28)/t18-,21-,22+/m1/s1. The number of amides is 1. The predicted molar refractivity (Wildman–Crippen MR) is 129 cm³/mol. The molecule has 1 aliphatic heterocycles. The third kappa shape index (κ3) is 4.11. The van der Waals surface area contributed by atoms with Crippen LogP contribution in [-0.2, 0) is 17.6 Å². The Morgan fingerprint density at radius 1 is 1.22 bits per heavy atom. The number of benzene rings is 1. The van der Waals surface area contributed by atoms with Crippen molar-refractivity contribution in [2.24, 2.45) is 5.92 Å². The van der Waals surface area contributed by atoms with Gasteiger partial charge >= 0.3 is 6.09 Å². The number of ether oxygens (including phenoxy) is 1. The molecule has 5 nitrogen and oxygen atoms in total. The van der Waals surface area contributed by atoms with Crippen molar-refractivity contribution < 1.29 is 9.53 Å². The highest BCUT2D eigenvalue weighted by Gasteiger charge is 2.56. The van der Waals surface area contributed by atoms with Crippen molar-refractivity contribution in [3.8, 4) is 22.7 Å². The molecule has 1 amide bonds. The molecule has 2 heterocycles. The van der Waals surface area contributed by atoms with Gasteiger partial charge in [0, 0.05) is 22.9 Å². The fourth-order valence-electron chi connectivity index (χ4n) is 4.90. The van der Waals surface area contributed by atoms with Crippen molar-refractivity contribution >= 4 is 14.2 Å². The molecule has 0 bridgehead atoms. The van der Waals surface area contributed by atoms with Gasteiger partial charge in [-0.1, -0.05) is 31.6 Å². The number of imidazole rings is 1. The molecule has 0 radical (unpaired) electrons. The second kappa shape index (κ2) is 7.24. The molecule has 1 aromatic heterocycles. The second-order valence-electron chi connectivity index (χ2n) is 11.5. The summed E-state index contributed by atoms with van der Waals surface area (Å²) in [6.07, 6.45) is 3.76. The number of hydrogen-bond acceptors (Lipinski definition) is 3. The molecule has 1 saturated carbocycles. The average molecular weight is 448 g/mol. The van der Waals surface area contributed by atoms with Gasteiger partial charge in [-0.05, 0) is 70.1 Å². The summed E-state index contributed by atoms with van der Waals surface area (Å²) >= 11 is 0. The average Bonchev–Trinajstić information content (AvgIpc) is 3.15. The van der Waals surface area contributed by atoms with E-state index >= 15 is 0 Å². The molecule has 6 heteroatoms. The number of aryl methyl sites for hydroxylation is 2. The number of fused-ring (bicyclic) bond motifs is 4. The van der Waals surface area contributed by atoms with Crippen LogP contribution in [0.1, 0.15) is 62.3 Å². The minimum Gasteiger partial charge on any atom is -0.444 e. The van der Waals surface area contributed by atoms with E-state index in [2.05, 4.69) is 54.3 Å². The topological polar surface area (TPSA) is 58.2 Å². The molecule has 0 unspecified atom stereocenters. The van der Waals surface area contributed by atoms with E-state index in [9.17, 15) is 4.79 Å². The first kappa shape index (κ1) is 21.3. The van der Waals surface area contributed by atoms with Crippen molar-refractivity contribution in [2.45, 2.75) is 83.8 Å². The Labute approximate surface area is 192 Å². The van der Waals surface area contributed by atoms with E-state index in [1.54, 1.807) is 0 Å². The minimum atomic E-state index is -1.40. The zero-order valence-corrected chi connectivity index (χ0v) is 21.0. The molecule has 32 heavy (non-hydrogen) atoms. The Bertz CT molecular complexity index is 1140. The number of aromatic nitrogens is 2. The first-order valence-electron chi connectivity index (χ1n) is 11.7. The fourth-order valence-corrected chi connectivity index (χ4v) is 5.42. The van der Waals surface area contributed by atoms with Crippen LogP contribution in [0.3, 0.4) is 0 Å². The van der Waals surface area contributed by atoms with Crippen LogP contribution in [0.2, 0.25) is 19.6 Å². The molecule has 168 valence electrons. The largest absolute Gasteiger partial charge is 0.444 e. The number of H-pyrrole nitrogens is 1. The van der Waals surface area contributed by atoms with Crippen LogP contribution in [0, 0.1) is 17.4 Å². The zero-order chi connectivity index (χ0) is 22.8. The summed E-state index contributed by atoms with van der Waals surface area (Å²) < 4.78 is 5.72. The summed E-state index contributed by atoms with van der Waals surface area (Å²) in [4.78, 5) is 23.5. The van der Waals surface area contributed by atoms with Crippen molar-refractivity contribution in [2.75, 3.05) is 0 Å². The van der Waals surface area contributed by atoms with Crippen LogP contribution in [0.5, 0.6) is 0 Å². The number of nitrogens with one attached hydrogen (secondary N) is 1. The lowest BCUT2D eigenvalue weighted by atomic mass is 9.91. The highest BCUT2D eigenvalue weighted by atomic mass is 28.3. The van der Waals surface area contributed by atoms with Crippen LogP contribution < -0.4 is 0 Å². The van der Waals surface area contributed by atoms with Gasteiger partial charge in [-0.15, -0.1) is 5.54 Å². The normalized spacial score (nSPS) is 23.6. The molecule has 1 saturated heterocycles. The summed E-state index contributed by atoms with van der Waals surface area (Å²) in [5.41, 5.74) is 8.79. The number of likely N-dealkylation sites (tertiary alicyclic amines) is 1. The van der Waals surface area contributed by atoms with Gasteiger partial charge in [0.05, 0.1) is 11.7 Å². The van der Waals surface area contributed by atoms with Gasteiger partial charge in [0.25, 0.3) is 0 Å². The molecule has 1 N–H and O–H groups in total. The van der Waals surface area contributed by atoms with Gasteiger partial charge < -0.3 is 9.72 Å². The van der Waals surface area contributed by atoms with E-state index in [-0.39, 0.29) is 12.1 Å². The van der Waals surface area contributed by atoms with Gasteiger partial charge in [0.2, 0.25) is 0 Å². The molecule has 1 aromatic carbocycles. The third-order valence-corrected chi connectivity index (χ3v) is 7.28. The van der Waals surface area contributed by atoms with Crippen molar-refractivity contribution in [1.29, 1.82) is 0 Å². The number of nitrogens with zero attached hydrogens (tertiary/aromatic N) is 2. The maximum Gasteiger partial charge on any atom is 0.411 e. The first-order chi connectivity index (χ1) is 15.0. The lowest BCUT2D eigenvalue weighted by Crippen LogP contribution is -2.38. The smallest absolute Gasteiger partial charge is 0.411 e. The number of rotatable bonds is 1. The molecule has 0 spiro atoms. The van der Waals surface area contributed by atoms with E-state index in [1.807, 2.05) is 25.7 Å². The van der Waals surface area contributed by atoms with E-state index < -0.39 is 13.7 Å². The Balaban J connectivity index is 1.43. The lowest BCUT2D eigenvalue weighted by molar-refractivity contribution is 0.0175. The molecule has 2 aromatic rings. The Morgan fingerprint density at radius 2 is 2.00 bits per heavy atom. The summed E-state index contributed by atoms with van der Waals surface area (Å²) in [6, 6.07) is 6.80. The van der Waals surface area contributed by atoms with Crippen molar-refractivity contribution in [1.82, 2.24) is 14.9 Å². The van der Waals surface area contributed by atoms with Crippen molar-refractivity contribution in [3.63, 3.8) is 0 Å². The molecular weight excluding hydrogens is 414 g/mol. The number of hydrogen-bond donors (Lipinski definition) is 1. The Kier molecular flexibility index (Phi) is 4.83. The van der Waals surface area contributed by atoms with Crippen LogP contribution in [-0.4, -0.2) is 40.7 Å². The molecule has 3 atom stereocenters. The molecule has 2 fully saturated rings. The molecular formula is C26H33N3O2Si. The van der Waals surface area contributed by atoms with E-state index in [4.69, 9.17) is 9.72 Å². The van der Waals surface area contributed by atoms with Gasteiger partial charge in [-0.2, -0.15) is 0 Å². The third-order valence-electron chi connectivity index (χ3n) is 6.41. The SMILES string of the molecule is CC(C)(C)OC(=O)N1[C@@H]2C[C@@H]2C[C@H]1c1nc2c([nH]1)CCc1cc(C#C[Si](C)(C)C)ccc1-2. The zero-order valence-electron chi connectivity index (χ0n) is 20.0. The number of carbonyl (C=O) groups is 1. The summed E-state index contributed by atoms with van der Waals surface area (Å²) in [5.74, 6) is 4.86. The van der Waals surface area contributed by atoms with Crippen LogP contribution in [0.15, 0.2) is 18.2 Å². The van der Waals surface area contributed by atoms with Gasteiger partial charge in [-0.25, -0.2) is 9.78 Å². The molecule has 5 rings (SSSR count). The Hall–Kier alpha value is -2.52. The van der Waals surface area contributed by atoms with E-state index in [0.29, 0.717) is 12.0 Å². The van der Waals surface area contributed by atoms with E-state index in [1.165, 1.54) is 16.8 Å². The van der Waals surface area contributed by atoms with Gasteiger partial charge in [0.15, 0.2) is 0 Å². The highest BCUT2D eigenvalue weighted by Crippen LogP contribution is 2.53. The molecule has 3 aliphatic rings. The van der Waals surface area contributed by atoms with Crippen LogP contribution >= 0.6 is 0 Å². The summed E-state index contributed by atoms with van der Waals surface area (Å²) in [5, 5.41) is 0. The molecule has 2 aliphatic carbocycles. The van der Waals surface area contributed by atoms with Crippen LogP contribution in [0.4, 0.5) is 4.79 Å². The maximum atomic E-state index is 12.9. The monoisotopic (exact) mass is 447 g/mol. The summed E-state index contributed by atoms with van der Waals surface area (Å²) in [6.45, 7) is 12.6. The predicted octanol–water partition coefficient (Wildman–Crippen LogP) is 5.47. The Morgan fingerprint density at radius 3 is 2.72 bits per heavy atom. The number of aromatic amines is 1. The number of piperidine rings is 1. The van der Waals surface area contributed by atoms with Gasteiger partial charge in [-0.3, -0.25) is 4.90 Å². The van der Waals surface area contributed by atoms with Crippen LogP contribution in [0.25, 0.3) is 11.3 Å². The minimum absolute atomic E-state index is 0.0236. The summed E-state index contributed by atoms with van der Waals surface area (Å²) in [7, 11) is -1.40. The number of carbonyl (C=O) groups excluding carboxylic acids is 1. The second-order valence-corrected chi connectivity index (χ2v) is 16.3. The maximum absolute atomic E-state index is 12.9. The highest BCUT2D eigenvalue weighted by molar-refractivity contribution is 6.83. The first-order valence-corrected chi connectivity index (χ1v) is 15.2. The van der Waals surface area contributed by atoms with E-state index in [0.717, 1.165) is 42.8 Å². The fraction of sp³-hybridized carbons (Fsp3) is 0.538. The van der Waals surface area contributed by atoms with Gasteiger partial charge in [0.1, 0.15) is 19.5 Å². The lowest BCUT2D eigenvalue weighted by Gasteiger charge is -2.29.